The van der Waals surface area contributed by atoms with Gasteiger partial charge in [0.05, 0.1) is 13.2 Å². The summed E-state index contributed by atoms with van der Waals surface area (Å²) in [5, 5.41) is 3.21. The number of nitrogens with two attached hydrogens (primary N) is 1. The lowest BCUT2D eigenvalue weighted by atomic mass is 10.2. The molecule has 1 heterocycles. The lowest BCUT2D eigenvalue weighted by molar-refractivity contribution is 0.133. The molecule has 1 aromatic rings. The number of nitrogens with zero attached hydrogens (tertiary/aromatic N) is 2. The maximum absolute atomic E-state index is 5.95. The number of benzene rings is 1. The van der Waals surface area contributed by atoms with Gasteiger partial charge in [0.25, 0.3) is 0 Å². The average Bonchev–Trinajstić information content (AvgIpc) is 3.10. The largest absolute Gasteiger partial charge is 0.381 e. The number of hydrogen-bond donors (Lipinski definition) is 2. The Labute approximate surface area is 152 Å². The fraction of sp³-hybridized carbons (Fsp3) is 0.650. The summed E-state index contributed by atoms with van der Waals surface area (Å²) in [6, 6.07) is 11.0. The van der Waals surface area contributed by atoms with Crippen molar-refractivity contribution in [3.05, 3.63) is 35.9 Å². The number of rotatable bonds is 11. The summed E-state index contributed by atoms with van der Waals surface area (Å²) in [5.41, 5.74) is 7.29. The van der Waals surface area contributed by atoms with E-state index in [2.05, 4.69) is 46.4 Å². The molecule has 3 N–H and O–H groups in total. The van der Waals surface area contributed by atoms with Gasteiger partial charge < -0.3 is 15.8 Å². The highest BCUT2D eigenvalue weighted by Gasteiger charge is 2.22. The molecule has 2 rings (SSSR count). The Morgan fingerprint density at radius 3 is 2.92 bits per heavy atom. The highest BCUT2D eigenvalue weighted by atomic mass is 16.5. The Bertz CT molecular complexity index is 492. The van der Waals surface area contributed by atoms with E-state index in [1.165, 1.54) is 24.9 Å². The quantitative estimate of drug-likeness (QED) is 0.367. The number of nitrogens with one attached hydrogen (secondary N) is 1. The first-order chi connectivity index (χ1) is 12.3. The van der Waals surface area contributed by atoms with Gasteiger partial charge in [0.15, 0.2) is 5.96 Å². The number of ether oxygens (including phenoxy) is 1. The molecule has 0 spiro atoms. The number of likely N-dealkylation sites (tertiary alicyclic amines) is 1. The zero-order valence-corrected chi connectivity index (χ0v) is 15.6. The van der Waals surface area contributed by atoms with Gasteiger partial charge in [0.2, 0.25) is 0 Å². The van der Waals surface area contributed by atoms with Gasteiger partial charge in [-0.3, -0.25) is 9.89 Å². The first-order valence-corrected chi connectivity index (χ1v) is 9.69. The third kappa shape index (κ3) is 7.88. The molecule has 1 aromatic carbocycles. The molecule has 1 unspecified atom stereocenters. The first-order valence-electron chi connectivity index (χ1n) is 9.69. The van der Waals surface area contributed by atoms with Crippen LogP contribution >= 0.6 is 0 Å². The van der Waals surface area contributed by atoms with Crippen LogP contribution in [0.2, 0.25) is 0 Å². The van der Waals surface area contributed by atoms with Gasteiger partial charge >= 0.3 is 0 Å². The van der Waals surface area contributed by atoms with Gasteiger partial charge in [-0.25, -0.2) is 0 Å². The van der Waals surface area contributed by atoms with Crippen molar-refractivity contribution in [2.75, 3.05) is 39.4 Å². The van der Waals surface area contributed by atoms with Crippen molar-refractivity contribution in [1.29, 1.82) is 0 Å². The van der Waals surface area contributed by atoms with E-state index in [4.69, 9.17) is 10.5 Å². The van der Waals surface area contributed by atoms with Crippen molar-refractivity contribution in [2.45, 2.75) is 45.1 Å². The van der Waals surface area contributed by atoms with E-state index in [9.17, 15) is 0 Å². The number of likely N-dealkylation sites (N-methyl/N-ethyl adjacent to an activating group) is 1. The SMILES string of the molecule is CCN1CCCC1CN=C(N)NCCCCOCCc1ccccc1. The maximum atomic E-state index is 5.95. The van der Waals surface area contributed by atoms with Crippen molar-refractivity contribution >= 4 is 5.96 Å². The zero-order chi connectivity index (χ0) is 17.7. The van der Waals surface area contributed by atoms with Crippen LogP contribution in [0.1, 0.15) is 38.2 Å². The fourth-order valence-corrected chi connectivity index (χ4v) is 3.26. The summed E-state index contributed by atoms with van der Waals surface area (Å²) in [6.45, 7) is 7.79. The summed E-state index contributed by atoms with van der Waals surface area (Å²) in [5.74, 6) is 0.577. The predicted octanol–water partition coefficient (Wildman–Crippen LogP) is 2.41. The van der Waals surface area contributed by atoms with Crippen LogP contribution in [0.25, 0.3) is 0 Å². The minimum absolute atomic E-state index is 0.573. The Kier molecular flexibility index (Phi) is 9.37. The highest BCUT2D eigenvalue weighted by Crippen LogP contribution is 2.16. The van der Waals surface area contributed by atoms with Crippen LogP contribution in [-0.4, -0.2) is 56.3 Å². The smallest absolute Gasteiger partial charge is 0.188 e. The third-order valence-electron chi connectivity index (χ3n) is 4.78. The molecule has 0 bridgehead atoms. The zero-order valence-electron chi connectivity index (χ0n) is 15.6. The normalized spacial score (nSPS) is 18.6. The van der Waals surface area contributed by atoms with E-state index in [0.29, 0.717) is 12.0 Å². The molecule has 1 aliphatic rings. The van der Waals surface area contributed by atoms with Gasteiger partial charge in [0.1, 0.15) is 0 Å². The molecule has 25 heavy (non-hydrogen) atoms. The molecule has 0 aromatic heterocycles. The van der Waals surface area contributed by atoms with Crippen LogP contribution in [0.4, 0.5) is 0 Å². The van der Waals surface area contributed by atoms with Gasteiger partial charge in [-0.1, -0.05) is 37.3 Å². The van der Waals surface area contributed by atoms with E-state index in [1.807, 2.05) is 6.07 Å². The minimum atomic E-state index is 0.573. The van der Waals surface area contributed by atoms with E-state index in [1.54, 1.807) is 0 Å². The molecule has 1 fully saturated rings. The molecule has 1 aliphatic heterocycles. The molecule has 0 aliphatic carbocycles. The van der Waals surface area contributed by atoms with Crippen LogP contribution in [0.15, 0.2) is 35.3 Å². The van der Waals surface area contributed by atoms with Crippen LogP contribution in [0.5, 0.6) is 0 Å². The summed E-state index contributed by atoms with van der Waals surface area (Å²) in [7, 11) is 0. The van der Waals surface area contributed by atoms with Gasteiger partial charge in [-0.15, -0.1) is 0 Å². The Hall–Kier alpha value is -1.59. The number of aliphatic imine (C=N–C) groups is 1. The van der Waals surface area contributed by atoms with Crippen molar-refractivity contribution in [3.8, 4) is 0 Å². The minimum Gasteiger partial charge on any atom is -0.381 e. The van der Waals surface area contributed by atoms with Crippen molar-refractivity contribution in [2.24, 2.45) is 10.7 Å². The molecule has 5 nitrogen and oxygen atoms in total. The molecular weight excluding hydrogens is 312 g/mol. The molecule has 0 amide bonds. The molecule has 140 valence electrons. The average molecular weight is 347 g/mol. The molecule has 0 saturated carbocycles. The van der Waals surface area contributed by atoms with E-state index >= 15 is 0 Å². The predicted molar refractivity (Wildman–Crippen MR) is 105 cm³/mol. The molecule has 1 saturated heterocycles. The molecule has 0 radical (unpaired) electrons. The standard InChI is InChI=1S/C20H34N4O/c1-2-24-14-8-11-19(24)17-23-20(21)22-13-6-7-15-25-16-12-18-9-4-3-5-10-18/h3-5,9-10,19H,2,6-8,11-17H2,1H3,(H3,21,22,23). The Morgan fingerprint density at radius 1 is 1.28 bits per heavy atom. The Morgan fingerprint density at radius 2 is 2.12 bits per heavy atom. The summed E-state index contributed by atoms with van der Waals surface area (Å²) in [4.78, 5) is 6.99. The maximum Gasteiger partial charge on any atom is 0.188 e. The van der Waals surface area contributed by atoms with Crippen LogP contribution in [0, 0.1) is 0 Å². The highest BCUT2D eigenvalue weighted by molar-refractivity contribution is 5.77. The molecule has 5 heteroatoms. The molecular formula is C20H34N4O. The van der Waals surface area contributed by atoms with E-state index in [-0.39, 0.29) is 0 Å². The second-order valence-corrected chi connectivity index (χ2v) is 6.63. The number of unbranched alkanes of at least 4 members (excludes halogenated alkanes) is 1. The first kappa shape index (κ1) is 19.7. The van der Waals surface area contributed by atoms with Crippen LogP contribution < -0.4 is 11.1 Å². The summed E-state index contributed by atoms with van der Waals surface area (Å²) >= 11 is 0. The fourth-order valence-electron chi connectivity index (χ4n) is 3.26. The Balaban J connectivity index is 1.45. The van der Waals surface area contributed by atoms with E-state index < -0.39 is 0 Å². The van der Waals surface area contributed by atoms with Crippen molar-refractivity contribution < 1.29 is 4.74 Å². The number of hydrogen-bond acceptors (Lipinski definition) is 3. The van der Waals surface area contributed by atoms with Crippen LogP contribution in [-0.2, 0) is 11.2 Å². The van der Waals surface area contributed by atoms with Crippen molar-refractivity contribution in [3.63, 3.8) is 0 Å². The summed E-state index contributed by atoms with van der Waals surface area (Å²) < 4.78 is 5.69. The van der Waals surface area contributed by atoms with Gasteiger partial charge in [-0.2, -0.15) is 0 Å². The second-order valence-electron chi connectivity index (χ2n) is 6.63. The second kappa shape index (κ2) is 11.9. The molecule has 1 atom stereocenters. The van der Waals surface area contributed by atoms with Gasteiger partial charge in [-0.05, 0) is 50.8 Å². The van der Waals surface area contributed by atoms with Crippen LogP contribution in [0.3, 0.4) is 0 Å². The summed E-state index contributed by atoms with van der Waals surface area (Å²) in [6.07, 6.45) is 5.60. The topological polar surface area (TPSA) is 62.9 Å². The monoisotopic (exact) mass is 346 g/mol. The number of guanidine groups is 1. The lowest BCUT2D eigenvalue weighted by Crippen LogP contribution is -2.36. The van der Waals surface area contributed by atoms with Gasteiger partial charge in [0, 0.05) is 19.2 Å². The van der Waals surface area contributed by atoms with Crippen molar-refractivity contribution in [1.82, 2.24) is 10.2 Å². The van der Waals surface area contributed by atoms with E-state index in [0.717, 1.165) is 52.1 Å². The lowest BCUT2D eigenvalue weighted by Gasteiger charge is -2.20. The third-order valence-corrected chi connectivity index (χ3v) is 4.78.